The Morgan fingerprint density at radius 2 is 0.755 bits per heavy atom. The molecule has 0 bridgehead atoms. The second-order valence-corrected chi connectivity index (χ2v) is 39.3. The van der Waals surface area contributed by atoms with Crippen LogP contribution in [0.1, 0.15) is 71.2 Å². The summed E-state index contributed by atoms with van der Waals surface area (Å²) in [5, 5.41) is 2.41. The van der Waals surface area contributed by atoms with E-state index in [0.717, 1.165) is 143 Å². The third-order valence-electron chi connectivity index (χ3n) is 25.3. The van der Waals surface area contributed by atoms with Gasteiger partial charge in [0.25, 0.3) is 27.8 Å². The highest BCUT2D eigenvalue weighted by Gasteiger charge is 2.31. The first kappa shape index (κ1) is 103. The summed E-state index contributed by atoms with van der Waals surface area (Å²) in [4.78, 5) is 137. The summed E-state index contributed by atoms with van der Waals surface area (Å²) in [7, 11) is 8.68. The number of fused-ring (bicyclic) bond motifs is 1. The average Bonchev–Trinajstić information content (AvgIpc) is 1.54. The van der Waals surface area contributed by atoms with Gasteiger partial charge in [0.1, 0.15) is 5.75 Å². The molecule has 5 aromatic heterocycles. The number of aromatic nitrogens is 10. The third-order valence-corrected chi connectivity index (χ3v) is 27.8. The van der Waals surface area contributed by atoms with Crippen molar-refractivity contribution in [2.24, 2.45) is 14.1 Å². The molecule has 0 amide bonds. The maximum atomic E-state index is 13.8. The van der Waals surface area contributed by atoms with Crippen molar-refractivity contribution < 1.29 is 9.47 Å². The highest BCUT2D eigenvalue weighted by molar-refractivity contribution is 9.10. The normalized spacial score (nSPS) is 12.7. The summed E-state index contributed by atoms with van der Waals surface area (Å²) in [5.41, 5.74) is 12.6. The van der Waals surface area contributed by atoms with Gasteiger partial charge in [0, 0.05) is 106 Å². The quantitative estimate of drug-likeness (QED) is 0.0573. The van der Waals surface area contributed by atoms with E-state index in [1.165, 1.54) is 55.1 Å². The van der Waals surface area contributed by atoms with E-state index in [1.807, 2.05) is 229 Å². The maximum Gasteiger partial charge on any atom is 0.337 e. The molecule has 3 aliphatic rings. The number of methoxy groups -OCH3 is 2. The Bertz CT molecular complexity index is 8070. The van der Waals surface area contributed by atoms with Crippen LogP contribution in [0.2, 0.25) is 20.1 Å². The molecule has 1 fully saturated rings. The first-order valence-corrected chi connectivity index (χ1v) is 49.3. The van der Waals surface area contributed by atoms with Crippen LogP contribution in [0.25, 0.3) is 62.0 Å². The summed E-state index contributed by atoms with van der Waals surface area (Å²) in [5.74, 6) is 1.65. The molecule has 1 aliphatic carbocycles. The van der Waals surface area contributed by atoms with E-state index in [4.69, 9.17) is 55.9 Å². The van der Waals surface area contributed by atoms with E-state index >= 15 is 0 Å². The minimum Gasteiger partial charge on any atom is -0.501 e. The lowest BCUT2D eigenvalue weighted by atomic mass is 9.94. The van der Waals surface area contributed by atoms with Gasteiger partial charge >= 0.3 is 28.4 Å². The van der Waals surface area contributed by atoms with Crippen molar-refractivity contribution in [3.05, 3.63) is 494 Å². The van der Waals surface area contributed by atoms with Crippen molar-refractivity contribution in [2.45, 2.75) is 102 Å². The van der Waals surface area contributed by atoms with Crippen LogP contribution < -0.4 is 61.0 Å². The van der Waals surface area contributed by atoms with Crippen LogP contribution in [0.3, 0.4) is 0 Å². The van der Waals surface area contributed by atoms with E-state index in [2.05, 4.69) is 44.9 Å². The topological polar surface area (TPSA) is 245 Å². The zero-order chi connectivity index (χ0) is 102. The molecule has 0 N–H and O–H groups in total. The maximum absolute atomic E-state index is 13.8. The smallest absolute Gasteiger partial charge is 0.337 e. The van der Waals surface area contributed by atoms with Crippen molar-refractivity contribution in [3.8, 4) is 67.7 Å². The number of allylic oxidation sites excluding steroid dienone is 4. The molecular weight excluding hydrogens is 1970 g/mol. The van der Waals surface area contributed by atoms with E-state index in [9.17, 15) is 47.9 Å². The van der Waals surface area contributed by atoms with Crippen LogP contribution in [0, 0.1) is 20.8 Å². The van der Waals surface area contributed by atoms with Crippen LogP contribution in [0.5, 0.6) is 5.75 Å². The first-order valence-electron chi connectivity index (χ1n) is 46.2. The molecule has 0 saturated carbocycles. The first-order chi connectivity index (χ1) is 68.7. The van der Waals surface area contributed by atoms with Gasteiger partial charge < -0.3 is 14.4 Å². The molecule has 730 valence electrons. The van der Waals surface area contributed by atoms with E-state index < -0.39 is 5.54 Å². The molecule has 7 heterocycles. The molecule has 0 atom stereocenters. The molecule has 0 unspecified atom stereocenters. The van der Waals surface area contributed by atoms with Crippen molar-refractivity contribution in [3.63, 3.8) is 0 Å². The lowest BCUT2D eigenvalue weighted by Gasteiger charge is -2.32. The third kappa shape index (κ3) is 24.9. The zero-order valence-electron chi connectivity index (χ0n) is 80.5. The number of likely N-dealkylation sites (N-methyl/N-ethyl adjacent to an activating group) is 1. The number of aryl methyl sites for hydroxylation is 3. The number of benzene rings is 11. The Morgan fingerprint density at radius 1 is 0.364 bits per heavy atom. The fourth-order valence-electron chi connectivity index (χ4n) is 16.9. The molecule has 0 radical (unpaired) electrons. The van der Waals surface area contributed by atoms with Crippen LogP contribution in [0.15, 0.2) is 383 Å². The Labute approximate surface area is 858 Å². The molecule has 11 aromatic carbocycles. The number of piperazine rings is 1. The lowest BCUT2D eigenvalue weighted by Crippen LogP contribution is -2.49. The Balaban J connectivity index is 0.000000135. The molecule has 24 nitrogen and oxygen atoms in total. The molecule has 2 aliphatic heterocycles. The summed E-state index contributed by atoms with van der Waals surface area (Å²) in [6.45, 7) is 15.0. The monoisotopic (exact) mass is 2070 g/mol. The van der Waals surface area contributed by atoms with E-state index in [-0.39, 0.29) is 75.9 Å². The van der Waals surface area contributed by atoms with Gasteiger partial charge in [-0.15, -0.1) is 0 Å². The van der Waals surface area contributed by atoms with Gasteiger partial charge in [-0.25, -0.2) is 28.5 Å². The largest absolute Gasteiger partial charge is 0.501 e. The van der Waals surface area contributed by atoms with Gasteiger partial charge in [-0.3, -0.25) is 70.0 Å². The molecule has 16 aromatic rings. The second-order valence-electron chi connectivity index (χ2n) is 35.5. The Morgan fingerprint density at radius 3 is 1.23 bits per heavy atom. The standard InChI is InChI=1S/C27H28N2O4.C24H19ClN2O2.C24H26N4O2S.C20H18Cl2N2O2.C18H14BrClN2O2/c1-19-4-10-22(11-5-19)25-16-26(30)29(18-21-8-14-24(33-3)15-9-21)27(31)28(25)17-20-6-12-23(32-2)13-7-20;25-21-13-11-20(12-14-21)22-15-23(28)27(17-19-9-5-2-6-10-19)24(29)26(22)16-18-7-3-1-4-8-18;1-16-4-7-18(8-5-16)19-14-21(29)27(15-26-12-10-25(3)11-13-26)24(30)28(19)22-17(2)6-9-20-23(22)31-20;1-20(2,14-6-10-16(22)11-7-14)24-18(25)12-17(23(3)19(24)26)13-4-8-15(21)9-5-13;1-21-16(13-4-6-14(19)7-5-13)10-17(23)22(18(21)24)11-12-2-8-15(20)9-3-12/h4-8,10-14,16H,9,15,17-18H2,1-3H3;1-15H,16-17H2;4-9,14H,10-13,15H2,1-3H3;4-12H,1-3H3;2-10H,11H2,1H3. The van der Waals surface area contributed by atoms with Gasteiger partial charge in [-0.1, -0.05) is 279 Å². The minimum absolute atomic E-state index is 0.212. The van der Waals surface area contributed by atoms with Gasteiger partial charge in [0.05, 0.1) is 104 Å². The van der Waals surface area contributed by atoms with Crippen LogP contribution in [-0.4, -0.2) is 103 Å². The summed E-state index contributed by atoms with van der Waals surface area (Å²) in [6, 6.07) is 90.3. The Hall–Kier alpha value is -14.2. The lowest BCUT2D eigenvalue weighted by molar-refractivity contribution is 0.121. The predicted octanol–water partition coefficient (Wildman–Crippen LogP) is 19.7. The van der Waals surface area contributed by atoms with Gasteiger partial charge in [0.2, 0.25) is 0 Å². The number of ether oxygens (including phenoxy) is 2. The fraction of sp³-hybridized carbons (Fsp3) is 0.204. The fourth-order valence-corrected chi connectivity index (χ4v) is 18.5. The highest BCUT2D eigenvalue weighted by atomic mass is 79.9. The molecule has 30 heteroatoms. The summed E-state index contributed by atoms with van der Waals surface area (Å²) >= 11 is 28.8. The zero-order valence-corrected chi connectivity index (χ0v) is 85.9. The van der Waals surface area contributed by atoms with Crippen molar-refractivity contribution in [1.82, 2.24) is 55.5 Å². The number of hydrogen-bond donors (Lipinski definition) is 0. The van der Waals surface area contributed by atoms with E-state index in [0.29, 0.717) is 68.3 Å². The minimum atomic E-state index is -0.824. The van der Waals surface area contributed by atoms with Crippen molar-refractivity contribution in [1.29, 1.82) is 0 Å². The van der Waals surface area contributed by atoms with E-state index in [1.54, 1.807) is 139 Å². The molecular formula is C113H105BrCl4N12O12S. The number of halogens is 5. The summed E-state index contributed by atoms with van der Waals surface area (Å²) < 4.78 is 25.9. The van der Waals surface area contributed by atoms with Gasteiger partial charge in [-0.2, -0.15) is 0 Å². The predicted molar refractivity (Wildman–Crippen MR) is 576 cm³/mol. The number of rotatable bonds is 22. The molecule has 19 rings (SSSR count). The Kier molecular flexibility index (Phi) is 33.4. The van der Waals surface area contributed by atoms with Crippen molar-refractivity contribution in [2.75, 3.05) is 47.4 Å². The number of nitrogens with zero attached hydrogens (tertiary/aromatic N) is 12. The van der Waals surface area contributed by atoms with Gasteiger partial charge in [0.15, 0.2) is 0 Å². The van der Waals surface area contributed by atoms with Crippen molar-refractivity contribution >= 4 is 74.1 Å². The average molecular weight is 2080 g/mol. The van der Waals surface area contributed by atoms with Gasteiger partial charge in [-0.05, 0) is 200 Å². The second kappa shape index (κ2) is 46.2. The van der Waals surface area contributed by atoms with Crippen LogP contribution in [-0.2, 0) is 63.8 Å². The molecule has 143 heavy (non-hydrogen) atoms. The summed E-state index contributed by atoms with van der Waals surface area (Å²) in [6.07, 6.45) is 5.36. The SMILES string of the molecule is COC1=CC=C(Cn2c(=O)cc(-c3ccc(C)cc3)n(Cc3ccc(OC)cc3)c2=O)CC1.Cc1ccc(-c2cc(=O)n(CN3CCN(C)CC3)c(=O)n2-c2c(C)ccc3c2S3)cc1.Cn1c(-c2ccc(Br)cc2)cc(=O)n(Cc2ccc(Cl)cc2)c1=O.Cn1c(-c2ccc(Cl)cc2)cc(=O)n(C(C)(C)c2ccc(Cl)cc2)c1=O.O=c1cc(-c2ccc(Cl)cc2)n(Cc2ccccc2)c(=O)n1Cc1ccccc1. The van der Waals surface area contributed by atoms with Crippen LogP contribution >= 0.6 is 74.1 Å². The molecule has 1 saturated heterocycles. The number of hydrogen-bond acceptors (Lipinski definition) is 15. The highest BCUT2D eigenvalue weighted by Crippen LogP contribution is 2.53. The van der Waals surface area contributed by atoms with Crippen LogP contribution in [0.4, 0.5) is 0 Å². The molecule has 0 spiro atoms.